The lowest BCUT2D eigenvalue weighted by atomic mass is 10.1. The smallest absolute Gasteiger partial charge is 0.143 e. The van der Waals surface area contributed by atoms with Gasteiger partial charge in [-0.15, -0.1) is 0 Å². The van der Waals surface area contributed by atoms with Gasteiger partial charge in [0.25, 0.3) is 0 Å². The Kier molecular flexibility index (Phi) is 6.99. The van der Waals surface area contributed by atoms with Gasteiger partial charge in [-0.25, -0.2) is 4.39 Å². The molecule has 3 rings (SSSR count). The van der Waals surface area contributed by atoms with E-state index in [0.717, 1.165) is 31.6 Å². The standard InChI is InChI=1S/C22H27FN2O2S/c1-17(27-3)18-9-10-19(22(23)15-18)16-25(20-7-5-4-6-8-20)28(26)21-11-13-24(2)14-12-21/h4-10,15,21H,1,11-14,16H2,2-3H3. The average Bonchev–Trinajstić information content (AvgIpc) is 2.73. The normalized spacial score (nSPS) is 16.6. The van der Waals surface area contributed by atoms with E-state index in [9.17, 15) is 8.94 Å². The lowest BCUT2D eigenvalue weighted by Crippen LogP contribution is -2.44. The molecule has 2 aromatic carbocycles. The Balaban J connectivity index is 1.85. The van der Waals surface area contributed by atoms with Gasteiger partial charge < -0.3 is 14.2 Å². The van der Waals surface area contributed by atoms with Gasteiger partial charge in [-0.3, -0.25) is 0 Å². The van der Waals surface area contributed by atoms with Crippen LogP contribution >= 0.6 is 0 Å². The zero-order chi connectivity index (χ0) is 20.1. The molecule has 0 amide bonds. The molecule has 150 valence electrons. The third kappa shape index (κ3) is 4.87. The number of para-hydroxylation sites is 1. The van der Waals surface area contributed by atoms with Gasteiger partial charge in [-0.2, -0.15) is 4.31 Å². The molecule has 0 saturated carbocycles. The van der Waals surface area contributed by atoms with Crippen LogP contribution in [0.5, 0.6) is 0 Å². The topological polar surface area (TPSA) is 38.8 Å². The van der Waals surface area contributed by atoms with E-state index in [1.807, 2.05) is 34.6 Å². The van der Waals surface area contributed by atoms with Crippen LogP contribution in [-0.4, -0.2) is 41.9 Å². The number of anilines is 1. The van der Waals surface area contributed by atoms with Crippen LogP contribution in [0.3, 0.4) is 0 Å². The highest BCUT2D eigenvalue weighted by molar-refractivity contribution is 7.93. The zero-order valence-corrected chi connectivity index (χ0v) is 17.3. The molecule has 1 fully saturated rings. The van der Waals surface area contributed by atoms with Gasteiger partial charge in [0.2, 0.25) is 0 Å². The van der Waals surface area contributed by atoms with Gasteiger partial charge in [0.05, 0.1) is 30.7 Å². The molecular weight excluding hydrogens is 375 g/mol. The summed E-state index contributed by atoms with van der Waals surface area (Å²) in [5, 5.41) is 0.0759. The van der Waals surface area contributed by atoms with Crippen molar-refractivity contribution in [3.8, 4) is 0 Å². The fourth-order valence-corrected chi connectivity index (χ4v) is 4.91. The summed E-state index contributed by atoms with van der Waals surface area (Å²) in [4.78, 5) is 2.25. The summed E-state index contributed by atoms with van der Waals surface area (Å²) in [6, 6.07) is 14.5. The zero-order valence-electron chi connectivity index (χ0n) is 16.4. The molecule has 1 aliphatic heterocycles. The second kappa shape index (κ2) is 9.45. The number of piperidine rings is 1. The first-order valence-electron chi connectivity index (χ1n) is 9.43. The molecular formula is C22H27FN2O2S. The summed E-state index contributed by atoms with van der Waals surface area (Å²) >= 11 is -1.24. The number of hydrogen-bond acceptors (Lipinski definition) is 4. The van der Waals surface area contributed by atoms with E-state index in [1.165, 1.54) is 13.2 Å². The molecule has 0 N–H and O–H groups in total. The number of ether oxygens (including phenoxy) is 1. The van der Waals surface area contributed by atoms with E-state index in [0.29, 0.717) is 16.9 Å². The van der Waals surface area contributed by atoms with Crippen molar-refractivity contribution in [1.29, 1.82) is 0 Å². The Morgan fingerprint density at radius 3 is 2.54 bits per heavy atom. The molecule has 0 bridgehead atoms. The predicted octanol–water partition coefficient (Wildman–Crippen LogP) is 4.21. The maximum Gasteiger partial charge on any atom is 0.143 e. The van der Waals surface area contributed by atoms with E-state index >= 15 is 0 Å². The Morgan fingerprint density at radius 1 is 1.25 bits per heavy atom. The van der Waals surface area contributed by atoms with Gasteiger partial charge in [0, 0.05) is 37.1 Å². The monoisotopic (exact) mass is 402 g/mol. The van der Waals surface area contributed by atoms with Gasteiger partial charge in [-0.05, 0) is 25.2 Å². The molecule has 0 aromatic heterocycles. The third-order valence-electron chi connectivity index (χ3n) is 5.15. The average molecular weight is 403 g/mol. The predicted molar refractivity (Wildman–Crippen MR) is 114 cm³/mol. The lowest BCUT2D eigenvalue weighted by molar-refractivity contribution is 0.277. The van der Waals surface area contributed by atoms with Gasteiger partial charge >= 0.3 is 0 Å². The Morgan fingerprint density at radius 2 is 1.93 bits per heavy atom. The van der Waals surface area contributed by atoms with Crippen molar-refractivity contribution in [2.75, 3.05) is 31.6 Å². The minimum absolute atomic E-state index is 0.0759. The first-order valence-corrected chi connectivity index (χ1v) is 10.6. The summed E-state index contributed by atoms with van der Waals surface area (Å²) in [7, 11) is 3.59. The van der Waals surface area contributed by atoms with Crippen LogP contribution in [0, 0.1) is 5.82 Å². The van der Waals surface area contributed by atoms with Crippen LogP contribution in [0.25, 0.3) is 5.76 Å². The van der Waals surface area contributed by atoms with Crippen molar-refractivity contribution < 1.29 is 13.7 Å². The van der Waals surface area contributed by atoms with Crippen LogP contribution in [-0.2, 0) is 22.6 Å². The number of likely N-dealkylation sites (tertiary alicyclic amines) is 1. The van der Waals surface area contributed by atoms with Crippen LogP contribution < -0.4 is 4.31 Å². The Labute approximate surface area is 169 Å². The number of nitrogens with zero attached hydrogens (tertiary/aromatic N) is 2. The fourth-order valence-electron chi connectivity index (χ4n) is 3.34. The first-order chi connectivity index (χ1) is 13.5. The molecule has 0 spiro atoms. The number of hydrogen-bond donors (Lipinski definition) is 0. The maximum atomic E-state index is 14.8. The molecule has 2 aromatic rings. The van der Waals surface area contributed by atoms with E-state index < -0.39 is 11.4 Å². The second-order valence-corrected chi connectivity index (χ2v) is 8.74. The van der Waals surface area contributed by atoms with Gasteiger partial charge in [0.15, 0.2) is 0 Å². The summed E-state index contributed by atoms with van der Waals surface area (Å²) < 4.78 is 35.1. The van der Waals surface area contributed by atoms with Crippen LogP contribution in [0.1, 0.15) is 24.0 Å². The van der Waals surface area contributed by atoms with E-state index in [2.05, 4.69) is 18.5 Å². The molecule has 1 atom stereocenters. The molecule has 1 saturated heterocycles. The molecule has 1 heterocycles. The van der Waals surface area contributed by atoms with Gasteiger partial charge in [0.1, 0.15) is 16.8 Å². The minimum Gasteiger partial charge on any atom is -0.593 e. The van der Waals surface area contributed by atoms with E-state index in [1.54, 1.807) is 12.1 Å². The fraction of sp³-hybridized carbons (Fsp3) is 0.364. The summed E-state index contributed by atoms with van der Waals surface area (Å²) in [6.07, 6.45) is 1.75. The highest BCUT2D eigenvalue weighted by Crippen LogP contribution is 2.29. The molecule has 4 nitrogen and oxygen atoms in total. The number of halogens is 1. The first kappa shape index (κ1) is 20.7. The van der Waals surface area contributed by atoms with E-state index in [-0.39, 0.29) is 17.6 Å². The number of benzene rings is 2. The number of rotatable bonds is 7. The van der Waals surface area contributed by atoms with Crippen LogP contribution in [0.2, 0.25) is 0 Å². The number of methoxy groups -OCH3 is 1. The highest BCUT2D eigenvalue weighted by Gasteiger charge is 2.33. The van der Waals surface area contributed by atoms with E-state index in [4.69, 9.17) is 4.74 Å². The minimum atomic E-state index is -1.24. The second-order valence-electron chi connectivity index (χ2n) is 7.08. The summed E-state index contributed by atoms with van der Waals surface area (Å²) in [5.41, 5.74) is 1.94. The summed E-state index contributed by atoms with van der Waals surface area (Å²) in [5.74, 6) is 0.0669. The largest absolute Gasteiger partial charge is 0.593 e. The molecule has 1 aliphatic rings. The lowest BCUT2D eigenvalue weighted by Gasteiger charge is -2.35. The van der Waals surface area contributed by atoms with Crippen molar-refractivity contribution in [1.82, 2.24) is 4.90 Å². The van der Waals surface area contributed by atoms with Gasteiger partial charge in [-0.1, -0.05) is 36.9 Å². The highest BCUT2D eigenvalue weighted by atomic mass is 32.2. The SMILES string of the molecule is C=C(OC)c1ccc(CN(c2ccccc2)[S+]([O-])C2CCN(C)CC2)c(F)c1. The van der Waals surface area contributed by atoms with Crippen molar-refractivity contribution in [2.24, 2.45) is 0 Å². The van der Waals surface area contributed by atoms with Crippen molar-refractivity contribution in [3.05, 3.63) is 72.1 Å². The van der Waals surface area contributed by atoms with Crippen molar-refractivity contribution in [2.45, 2.75) is 24.6 Å². The quantitative estimate of drug-likeness (QED) is 0.514. The molecule has 0 aliphatic carbocycles. The molecule has 28 heavy (non-hydrogen) atoms. The Bertz CT molecular complexity index is 794. The van der Waals surface area contributed by atoms with Crippen LogP contribution in [0.4, 0.5) is 10.1 Å². The van der Waals surface area contributed by atoms with Crippen LogP contribution in [0.15, 0.2) is 55.1 Å². The van der Waals surface area contributed by atoms with Crippen molar-refractivity contribution >= 4 is 22.8 Å². The molecule has 0 radical (unpaired) electrons. The molecule has 6 heteroatoms. The third-order valence-corrected chi connectivity index (χ3v) is 6.96. The summed E-state index contributed by atoms with van der Waals surface area (Å²) in [6.45, 7) is 5.87. The maximum absolute atomic E-state index is 14.8. The van der Waals surface area contributed by atoms with Crippen molar-refractivity contribution in [3.63, 3.8) is 0 Å². The Hall–Kier alpha value is -2.02. The molecule has 1 unspecified atom stereocenters.